The Kier molecular flexibility index (Phi) is 3.36. The number of hydrogen-bond donors (Lipinski definition) is 0. The van der Waals surface area contributed by atoms with E-state index in [2.05, 4.69) is 20.9 Å². The van der Waals surface area contributed by atoms with Gasteiger partial charge in [-0.15, -0.1) is 0 Å². The number of carbonyl (C=O) groups excluding carboxylic acids is 1. The molecule has 20 heavy (non-hydrogen) atoms. The Morgan fingerprint density at radius 2 is 2.00 bits per heavy atom. The van der Waals surface area contributed by atoms with Crippen molar-refractivity contribution in [1.82, 2.24) is 0 Å². The van der Waals surface area contributed by atoms with Gasteiger partial charge in [0.05, 0.1) is 5.69 Å². The van der Waals surface area contributed by atoms with Gasteiger partial charge in [0.25, 0.3) is 0 Å². The van der Waals surface area contributed by atoms with E-state index in [1.54, 1.807) is 6.07 Å². The van der Waals surface area contributed by atoms with Gasteiger partial charge in [0.1, 0.15) is 17.3 Å². The molecule has 2 aromatic carbocycles. The number of halogens is 2. The van der Waals surface area contributed by atoms with Gasteiger partial charge in [-0.1, -0.05) is 18.2 Å². The summed E-state index contributed by atoms with van der Waals surface area (Å²) in [7, 11) is 0. The number of fused-ring (bicyclic) bond motifs is 1. The Hall–Kier alpha value is -2.01. The third kappa shape index (κ3) is 2.49. The van der Waals surface area contributed by atoms with Crippen LogP contribution in [0.5, 0.6) is 5.75 Å². The van der Waals surface area contributed by atoms with E-state index in [9.17, 15) is 9.18 Å². The maximum atomic E-state index is 13.0. The van der Waals surface area contributed by atoms with Gasteiger partial charge in [0, 0.05) is 16.5 Å². The minimum atomic E-state index is -0.472. The summed E-state index contributed by atoms with van der Waals surface area (Å²) in [6, 6.07) is 11.4. The molecule has 5 heteroatoms. The lowest BCUT2D eigenvalue weighted by Crippen LogP contribution is -2.27. The second-order valence-corrected chi connectivity index (χ2v) is 5.18. The van der Waals surface area contributed by atoms with Crippen molar-refractivity contribution in [3.8, 4) is 5.75 Å². The van der Waals surface area contributed by atoms with Crippen molar-refractivity contribution in [2.75, 3.05) is 0 Å². The lowest BCUT2D eigenvalue weighted by molar-refractivity contribution is -0.127. The minimum Gasteiger partial charge on any atom is -0.422 e. The van der Waals surface area contributed by atoms with E-state index < -0.39 is 5.97 Å². The first-order chi connectivity index (χ1) is 9.63. The van der Waals surface area contributed by atoms with E-state index in [0.29, 0.717) is 28.0 Å². The van der Waals surface area contributed by atoms with Crippen molar-refractivity contribution in [2.24, 2.45) is 4.99 Å². The molecule has 0 saturated heterocycles. The largest absolute Gasteiger partial charge is 0.422 e. The summed E-state index contributed by atoms with van der Waals surface area (Å²) >= 11 is 3.23. The van der Waals surface area contributed by atoms with E-state index in [1.807, 2.05) is 18.2 Å². The van der Waals surface area contributed by atoms with E-state index in [0.717, 1.165) is 5.56 Å². The second-order valence-electron chi connectivity index (χ2n) is 4.33. The number of carbonyl (C=O) groups is 1. The van der Waals surface area contributed by atoms with Crippen LogP contribution in [-0.2, 0) is 11.2 Å². The number of aliphatic imine (C=N–C) groups is 1. The monoisotopic (exact) mass is 333 g/mol. The number of rotatable bonds is 1. The molecule has 0 radical (unpaired) electrons. The average Bonchev–Trinajstić information content (AvgIpc) is 2.42. The normalized spacial score (nSPS) is 15.9. The van der Waals surface area contributed by atoms with Crippen LogP contribution in [0.2, 0.25) is 0 Å². The summed E-state index contributed by atoms with van der Waals surface area (Å²) < 4.78 is 18.7. The third-order valence-electron chi connectivity index (χ3n) is 2.93. The molecular weight excluding hydrogens is 325 g/mol. The molecule has 2 aromatic rings. The zero-order chi connectivity index (χ0) is 14.1. The number of nitrogens with zero attached hydrogens (tertiary/aromatic N) is 1. The maximum Gasteiger partial charge on any atom is 0.358 e. The van der Waals surface area contributed by atoms with Crippen LogP contribution < -0.4 is 4.74 Å². The molecule has 3 rings (SSSR count). The number of hydrogen-bond acceptors (Lipinski definition) is 3. The zero-order valence-electron chi connectivity index (χ0n) is 10.3. The highest BCUT2D eigenvalue weighted by atomic mass is 79.9. The highest BCUT2D eigenvalue weighted by Crippen LogP contribution is 2.29. The number of para-hydroxylation sites is 1. The molecule has 0 fully saturated rings. The predicted molar refractivity (Wildman–Crippen MR) is 77.0 cm³/mol. The van der Waals surface area contributed by atoms with Crippen LogP contribution in [-0.4, -0.2) is 11.7 Å². The van der Waals surface area contributed by atoms with Gasteiger partial charge in [-0.2, -0.15) is 0 Å². The van der Waals surface area contributed by atoms with E-state index in [-0.39, 0.29) is 5.82 Å². The molecule has 0 N–H and O–H groups in total. The Balaban J connectivity index is 1.98. The van der Waals surface area contributed by atoms with Gasteiger partial charge < -0.3 is 4.74 Å². The maximum absolute atomic E-state index is 13.0. The highest BCUT2D eigenvalue weighted by molar-refractivity contribution is 9.10. The summed E-state index contributed by atoms with van der Waals surface area (Å²) in [6.45, 7) is 0. The summed E-state index contributed by atoms with van der Waals surface area (Å²) in [6.07, 6.45) is 0.402. The smallest absolute Gasteiger partial charge is 0.358 e. The lowest BCUT2D eigenvalue weighted by Gasteiger charge is -2.16. The van der Waals surface area contributed by atoms with Crippen LogP contribution in [0.25, 0.3) is 0 Å². The van der Waals surface area contributed by atoms with E-state index in [1.165, 1.54) is 18.2 Å². The highest BCUT2D eigenvalue weighted by Gasteiger charge is 2.23. The Morgan fingerprint density at radius 3 is 2.80 bits per heavy atom. The Bertz CT molecular complexity index is 728. The first-order valence-electron chi connectivity index (χ1n) is 5.96. The molecule has 100 valence electrons. The summed E-state index contributed by atoms with van der Waals surface area (Å²) in [5.41, 5.74) is 1.71. The quantitative estimate of drug-likeness (QED) is 0.587. The van der Waals surface area contributed by atoms with Crippen molar-refractivity contribution < 1.29 is 13.9 Å². The number of ether oxygens (including phenoxy) is 1. The molecular formula is C15H9BrFNO2. The molecule has 1 aliphatic rings. The first-order valence-corrected chi connectivity index (χ1v) is 6.75. The van der Waals surface area contributed by atoms with E-state index >= 15 is 0 Å². The topological polar surface area (TPSA) is 38.7 Å². The van der Waals surface area contributed by atoms with Gasteiger partial charge in [-0.3, -0.25) is 0 Å². The molecule has 0 spiro atoms. The Morgan fingerprint density at radius 1 is 1.20 bits per heavy atom. The molecule has 3 nitrogen and oxygen atoms in total. The summed E-state index contributed by atoms with van der Waals surface area (Å²) in [4.78, 5) is 16.2. The van der Waals surface area contributed by atoms with E-state index in [4.69, 9.17) is 4.74 Å². The van der Waals surface area contributed by atoms with Crippen LogP contribution in [0.4, 0.5) is 10.1 Å². The van der Waals surface area contributed by atoms with Crippen molar-refractivity contribution in [3.63, 3.8) is 0 Å². The third-order valence-corrected chi connectivity index (χ3v) is 3.57. The summed E-state index contributed by atoms with van der Waals surface area (Å²) in [5.74, 6) is -0.271. The van der Waals surface area contributed by atoms with Crippen LogP contribution >= 0.6 is 15.9 Å². The van der Waals surface area contributed by atoms with Crippen LogP contribution in [0.15, 0.2) is 51.9 Å². The average molecular weight is 334 g/mol. The molecule has 0 aromatic heterocycles. The second kappa shape index (κ2) is 5.17. The minimum absolute atomic E-state index is 0.302. The zero-order valence-corrected chi connectivity index (χ0v) is 11.9. The van der Waals surface area contributed by atoms with Crippen molar-refractivity contribution >= 4 is 33.3 Å². The lowest BCUT2D eigenvalue weighted by atomic mass is 10.0. The molecule has 0 saturated carbocycles. The van der Waals surface area contributed by atoms with Gasteiger partial charge in [0.2, 0.25) is 0 Å². The van der Waals surface area contributed by atoms with Crippen LogP contribution in [0, 0.1) is 5.82 Å². The molecule has 1 aliphatic heterocycles. The Labute approximate surface area is 123 Å². The molecule has 0 aliphatic carbocycles. The van der Waals surface area contributed by atoms with Gasteiger partial charge in [0.15, 0.2) is 0 Å². The molecule has 0 unspecified atom stereocenters. The molecule has 0 atom stereocenters. The predicted octanol–water partition coefficient (Wildman–Crippen LogP) is 3.82. The van der Waals surface area contributed by atoms with Crippen molar-refractivity contribution in [2.45, 2.75) is 6.42 Å². The molecule has 0 amide bonds. The van der Waals surface area contributed by atoms with Gasteiger partial charge in [-0.05, 0) is 40.2 Å². The first kappa shape index (κ1) is 13.0. The fourth-order valence-electron chi connectivity index (χ4n) is 1.96. The van der Waals surface area contributed by atoms with Crippen molar-refractivity contribution in [3.05, 3.63) is 58.3 Å². The van der Waals surface area contributed by atoms with Crippen LogP contribution in [0.3, 0.4) is 0 Å². The van der Waals surface area contributed by atoms with Crippen LogP contribution in [0.1, 0.15) is 5.56 Å². The summed E-state index contributed by atoms with van der Waals surface area (Å²) in [5, 5.41) is 0. The standard InChI is InChI=1S/C15H9BrFNO2/c16-11-8-10(17)5-6-12(11)18-13-7-9-3-1-2-4-14(9)20-15(13)19/h1-6,8H,7H2. The fraction of sp³-hybridized carbons (Fsp3) is 0.0667. The SMILES string of the molecule is O=C1Oc2ccccc2CC1=Nc1ccc(F)cc1Br. The van der Waals surface area contributed by atoms with Gasteiger partial charge >= 0.3 is 5.97 Å². The molecule has 0 bridgehead atoms. The fourth-order valence-corrected chi connectivity index (χ4v) is 2.40. The molecule has 1 heterocycles. The number of esters is 1. The van der Waals surface area contributed by atoms with Crippen molar-refractivity contribution in [1.29, 1.82) is 0 Å². The number of benzene rings is 2. The van der Waals surface area contributed by atoms with Gasteiger partial charge in [-0.25, -0.2) is 14.2 Å².